The predicted octanol–water partition coefficient (Wildman–Crippen LogP) is 2.10. The molecule has 68 valence electrons. The van der Waals surface area contributed by atoms with Gasteiger partial charge in [-0.25, -0.2) is 0 Å². The molecule has 1 atom stereocenters. The highest BCUT2D eigenvalue weighted by Gasteiger charge is 2.31. The maximum atomic E-state index is 11.8. The Hall–Kier alpha value is -0.620. The van der Waals surface area contributed by atoms with Crippen LogP contribution in [0.5, 0.6) is 0 Å². The highest BCUT2D eigenvalue weighted by molar-refractivity contribution is 7.09. The van der Waals surface area contributed by atoms with Gasteiger partial charge in [0.25, 0.3) is 0 Å². The molecular formula is C6H7F3N2S. The molecule has 0 saturated carbocycles. The fourth-order valence-electron chi connectivity index (χ4n) is 0.759. The Labute approximate surface area is 71.2 Å². The van der Waals surface area contributed by atoms with E-state index >= 15 is 0 Å². The number of nitrogens with zero attached hydrogens (tertiary/aromatic N) is 1. The fraction of sp³-hybridized carbons (Fsp3) is 0.500. The minimum absolute atomic E-state index is 0.465. The molecule has 1 rings (SSSR count). The van der Waals surface area contributed by atoms with Crippen molar-refractivity contribution in [1.82, 2.24) is 4.98 Å². The molecule has 0 aliphatic carbocycles. The van der Waals surface area contributed by atoms with Crippen LogP contribution < -0.4 is 5.73 Å². The summed E-state index contributed by atoms with van der Waals surface area (Å²) in [5.74, 6) is 0. The zero-order chi connectivity index (χ0) is 9.19. The third-order valence-corrected chi connectivity index (χ3v) is 2.18. The lowest BCUT2D eigenvalue weighted by Crippen LogP contribution is -2.19. The Bertz CT molecular complexity index is 231. The summed E-state index contributed by atoms with van der Waals surface area (Å²) in [7, 11) is 0. The molecule has 0 unspecified atom stereocenters. The van der Waals surface area contributed by atoms with Crippen molar-refractivity contribution in [2.45, 2.75) is 18.6 Å². The van der Waals surface area contributed by atoms with Gasteiger partial charge >= 0.3 is 6.18 Å². The maximum absolute atomic E-state index is 11.8. The van der Waals surface area contributed by atoms with Gasteiger partial charge in [-0.15, -0.1) is 11.3 Å². The number of halogens is 3. The van der Waals surface area contributed by atoms with Crippen molar-refractivity contribution in [1.29, 1.82) is 0 Å². The summed E-state index contributed by atoms with van der Waals surface area (Å²) in [6, 6.07) is -0.975. The van der Waals surface area contributed by atoms with E-state index in [2.05, 4.69) is 4.98 Å². The van der Waals surface area contributed by atoms with Crippen molar-refractivity contribution in [3.8, 4) is 0 Å². The average molecular weight is 196 g/mol. The second kappa shape index (κ2) is 3.40. The van der Waals surface area contributed by atoms with Crippen molar-refractivity contribution in [3.63, 3.8) is 0 Å². The van der Waals surface area contributed by atoms with Gasteiger partial charge in [0, 0.05) is 17.1 Å². The van der Waals surface area contributed by atoms with Crippen molar-refractivity contribution >= 4 is 11.3 Å². The minimum Gasteiger partial charge on any atom is -0.323 e. The molecule has 0 amide bonds. The molecule has 0 aliphatic heterocycles. The average Bonchev–Trinajstić information content (AvgIpc) is 2.32. The molecule has 1 aromatic rings. The van der Waals surface area contributed by atoms with Crippen LogP contribution >= 0.6 is 11.3 Å². The predicted molar refractivity (Wildman–Crippen MR) is 39.7 cm³/mol. The molecule has 0 aliphatic rings. The van der Waals surface area contributed by atoms with Crippen LogP contribution in [0.4, 0.5) is 13.2 Å². The Morgan fingerprint density at radius 3 is 2.67 bits per heavy atom. The molecule has 2 nitrogen and oxygen atoms in total. The summed E-state index contributed by atoms with van der Waals surface area (Å²) in [5.41, 5.74) is 6.74. The van der Waals surface area contributed by atoms with Crippen molar-refractivity contribution in [3.05, 3.63) is 16.6 Å². The number of rotatable bonds is 2. The number of aromatic nitrogens is 1. The van der Waals surface area contributed by atoms with Gasteiger partial charge in [0.2, 0.25) is 0 Å². The highest BCUT2D eigenvalue weighted by atomic mass is 32.1. The number of hydrogen-bond donors (Lipinski definition) is 1. The third-order valence-electron chi connectivity index (χ3n) is 1.27. The van der Waals surface area contributed by atoms with E-state index in [9.17, 15) is 13.2 Å². The van der Waals surface area contributed by atoms with E-state index in [1.807, 2.05) is 0 Å². The summed E-state index contributed by atoms with van der Waals surface area (Å²) in [6.45, 7) is 0. The van der Waals surface area contributed by atoms with Gasteiger partial charge in [-0.3, -0.25) is 4.98 Å². The highest BCUT2D eigenvalue weighted by Crippen LogP contribution is 2.28. The number of thiazole rings is 1. The van der Waals surface area contributed by atoms with Crippen LogP contribution in [0.15, 0.2) is 11.7 Å². The summed E-state index contributed by atoms with van der Waals surface area (Å²) >= 11 is 1.14. The van der Waals surface area contributed by atoms with E-state index in [0.717, 1.165) is 11.3 Å². The Morgan fingerprint density at radius 1 is 1.58 bits per heavy atom. The fourth-order valence-corrected chi connectivity index (χ4v) is 1.38. The van der Waals surface area contributed by atoms with E-state index in [1.54, 1.807) is 0 Å². The van der Waals surface area contributed by atoms with E-state index in [4.69, 9.17) is 5.73 Å². The maximum Gasteiger partial charge on any atom is 0.390 e. The second-order valence-corrected chi connectivity index (χ2v) is 3.25. The first-order valence-corrected chi connectivity index (χ1v) is 4.08. The Balaban J connectivity index is 2.56. The van der Waals surface area contributed by atoms with Crippen LogP contribution in [0, 0.1) is 0 Å². The molecule has 6 heteroatoms. The molecule has 1 aromatic heterocycles. The van der Waals surface area contributed by atoms with Crippen LogP contribution in [0.1, 0.15) is 17.3 Å². The molecule has 0 fully saturated rings. The van der Waals surface area contributed by atoms with E-state index in [-0.39, 0.29) is 0 Å². The molecule has 1 heterocycles. The summed E-state index contributed by atoms with van der Waals surface area (Å²) in [5, 5.41) is 0. The number of hydrogen-bond acceptors (Lipinski definition) is 3. The zero-order valence-corrected chi connectivity index (χ0v) is 6.82. The van der Waals surface area contributed by atoms with Crippen molar-refractivity contribution in [2.75, 3.05) is 0 Å². The van der Waals surface area contributed by atoms with E-state index < -0.39 is 18.6 Å². The van der Waals surface area contributed by atoms with Gasteiger partial charge in [-0.1, -0.05) is 0 Å². The monoisotopic (exact) mass is 196 g/mol. The largest absolute Gasteiger partial charge is 0.390 e. The lowest BCUT2D eigenvalue weighted by molar-refractivity contribution is -0.138. The van der Waals surface area contributed by atoms with Crippen LogP contribution in [0.25, 0.3) is 0 Å². The smallest absolute Gasteiger partial charge is 0.323 e. The topological polar surface area (TPSA) is 38.9 Å². The van der Waals surface area contributed by atoms with Gasteiger partial charge in [-0.05, 0) is 0 Å². The normalized spacial score (nSPS) is 14.7. The SMILES string of the molecule is N[C@H](CC(F)(F)F)c1cncs1. The first-order valence-electron chi connectivity index (χ1n) is 3.20. The number of alkyl halides is 3. The van der Waals surface area contributed by atoms with Crippen molar-refractivity contribution < 1.29 is 13.2 Å². The van der Waals surface area contributed by atoms with E-state index in [1.165, 1.54) is 11.7 Å². The quantitative estimate of drug-likeness (QED) is 0.786. The van der Waals surface area contributed by atoms with Gasteiger partial charge in [0.15, 0.2) is 0 Å². The lowest BCUT2D eigenvalue weighted by Gasteiger charge is -2.11. The van der Waals surface area contributed by atoms with E-state index in [0.29, 0.717) is 4.88 Å². The lowest BCUT2D eigenvalue weighted by atomic mass is 10.2. The van der Waals surface area contributed by atoms with Gasteiger partial charge in [0.05, 0.1) is 11.9 Å². The van der Waals surface area contributed by atoms with Gasteiger partial charge in [-0.2, -0.15) is 13.2 Å². The van der Waals surface area contributed by atoms with Crippen LogP contribution in [0.3, 0.4) is 0 Å². The Morgan fingerprint density at radius 2 is 2.25 bits per heavy atom. The minimum atomic E-state index is -4.20. The second-order valence-electron chi connectivity index (χ2n) is 2.33. The zero-order valence-electron chi connectivity index (χ0n) is 6.01. The molecule has 0 aromatic carbocycles. The summed E-state index contributed by atoms with van der Waals surface area (Å²) < 4.78 is 35.4. The Kier molecular flexibility index (Phi) is 2.69. The van der Waals surface area contributed by atoms with Crippen molar-refractivity contribution in [2.24, 2.45) is 5.73 Å². The van der Waals surface area contributed by atoms with Gasteiger partial charge in [0.1, 0.15) is 0 Å². The molecule has 0 spiro atoms. The van der Waals surface area contributed by atoms with Gasteiger partial charge < -0.3 is 5.73 Å². The van der Waals surface area contributed by atoms with Crippen LogP contribution in [0.2, 0.25) is 0 Å². The molecule has 0 saturated heterocycles. The molecular weight excluding hydrogens is 189 g/mol. The first kappa shape index (κ1) is 9.47. The standard InChI is InChI=1S/C6H7F3N2S/c7-6(8,9)1-4(10)5-2-11-3-12-5/h2-4H,1,10H2/t4-/m1/s1. The summed E-state index contributed by atoms with van der Waals surface area (Å²) in [6.07, 6.45) is -3.83. The first-order chi connectivity index (χ1) is 5.49. The van der Waals surface area contributed by atoms with Crippen LogP contribution in [-0.4, -0.2) is 11.2 Å². The third kappa shape index (κ3) is 2.78. The molecule has 2 N–H and O–H groups in total. The molecule has 0 bridgehead atoms. The number of nitrogens with two attached hydrogens (primary N) is 1. The molecule has 12 heavy (non-hydrogen) atoms. The van der Waals surface area contributed by atoms with Crippen LogP contribution in [-0.2, 0) is 0 Å². The summed E-state index contributed by atoms with van der Waals surface area (Å²) in [4.78, 5) is 4.11. The molecule has 0 radical (unpaired) electrons.